The van der Waals surface area contributed by atoms with E-state index in [1.165, 1.54) is 6.07 Å². The van der Waals surface area contributed by atoms with Gasteiger partial charge in [0.05, 0.1) is 3.57 Å². The summed E-state index contributed by atoms with van der Waals surface area (Å²) in [6.07, 6.45) is 0. The zero-order valence-corrected chi connectivity index (χ0v) is 6.45. The van der Waals surface area contributed by atoms with E-state index in [0.717, 1.165) is 6.07 Å². The van der Waals surface area contributed by atoms with Crippen molar-refractivity contribution in [1.82, 2.24) is 0 Å². The van der Waals surface area contributed by atoms with Crippen molar-refractivity contribution < 1.29 is 8.78 Å². The van der Waals surface area contributed by atoms with E-state index in [2.05, 4.69) is 6.07 Å². The van der Waals surface area contributed by atoms with Crippen LogP contribution in [0.4, 0.5) is 8.78 Å². The van der Waals surface area contributed by atoms with Crippen molar-refractivity contribution in [2.75, 3.05) is 0 Å². The molecule has 47 valence electrons. The van der Waals surface area contributed by atoms with E-state index < -0.39 is 11.6 Å². The van der Waals surface area contributed by atoms with Gasteiger partial charge in [-0.05, 0) is 40.8 Å². The lowest BCUT2D eigenvalue weighted by Crippen LogP contribution is -1.85. The maximum atomic E-state index is 12.3. The van der Waals surface area contributed by atoms with Crippen LogP contribution in [0.2, 0.25) is 0 Å². The molecule has 0 fully saturated rings. The van der Waals surface area contributed by atoms with E-state index in [0.29, 0.717) is 0 Å². The minimum Gasteiger partial charge on any atom is -0.204 e. The van der Waals surface area contributed by atoms with Crippen LogP contribution in [0.5, 0.6) is 0 Å². The lowest BCUT2D eigenvalue weighted by molar-refractivity contribution is 0.503. The minimum atomic E-state index is -0.845. The van der Waals surface area contributed by atoms with E-state index in [4.69, 9.17) is 0 Å². The fourth-order valence-corrected chi connectivity index (χ4v) is 0.866. The molecule has 3 heteroatoms. The molecule has 9 heavy (non-hydrogen) atoms. The zero-order valence-electron chi connectivity index (χ0n) is 4.29. The summed E-state index contributed by atoms with van der Waals surface area (Å²) in [6.45, 7) is 0. The molecule has 1 aromatic rings. The molecular weight excluding hydrogens is 237 g/mol. The zero-order chi connectivity index (χ0) is 6.85. The summed E-state index contributed by atoms with van der Waals surface area (Å²) in [4.78, 5) is 0. The van der Waals surface area contributed by atoms with Crippen molar-refractivity contribution in [3.05, 3.63) is 33.4 Å². The highest BCUT2D eigenvalue weighted by molar-refractivity contribution is 14.1. The standard InChI is InChI=1S/C6H2F2I/c7-4-2-1-3-5(9)6(4)8/h2-3H. The molecule has 0 amide bonds. The molecule has 1 aromatic carbocycles. The van der Waals surface area contributed by atoms with Crippen LogP contribution in [0.25, 0.3) is 0 Å². The number of hydrogen-bond donors (Lipinski definition) is 0. The largest absolute Gasteiger partial charge is 0.204 e. The molecule has 0 spiro atoms. The van der Waals surface area contributed by atoms with Gasteiger partial charge in [0.1, 0.15) is 0 Å². The van der Waals surface area contributed by atoms with Gasteiger partial charge in [0.15, 0.2) is 11.6 Å². The van der Waals surface area contributed by atoms with Gasteiger partial charge >= 0.3 is 0 Å². The van der Waals surface area contributed by atoms with Crippen molar-refractivity contribution >= 4 is 22.6 Å². The second kappa shape index (κ2) is 2.60. The molecule has 0 aliphatic heterocycles. The Morgan fingerprint density at radius 3 is 2.44 bits per heavy atom. The molecule has 0 aromatic heterocycles. The van der Waals surface area contributed by atoms with Crippen molar-refractivity contribution in [2.24, 2.45) is 0 Å². The Hall–Kier alpha value is -0.190. The molecule has 0 N–H and O–H groups in total. The van der Waals surface area contributed by atoms with Gasteiger partial charge < -0.3 is 0 Å². The van der Waals surface area contributed by atoms with E-state index in [-0.39, 0.29) is 3.57 Å². The predicted octanol–water partition coefficient (Wildman–Crippen LogP) is 2.37. The molecule has 0 atom stereocenters. The highest BCUT2D eigenvalue weighted by Crippen LogP contribution is 2.11. The summed E-state index contributed by atoms with van der Waals surface area (Å²) in [5, 5.41) is 0. The molecule has 0 saturated carbocycles. The number of halogens is 3. The quantitative estimate of drug-likeness (QED) is 0.481. The molecular formula is C6H2F2I. The first kappa shape index (κ1) is 6.92. The lowest BCUT2D eigenvalue weighted by Gasteiger charge is -1.91. The van der Waals surface area contributed by atoms with E-state index in [1.54, 1.807) is 22.6 Å². The van der Waals surface area contributed by atoms with Gasteiger partial charge in [-0.25, -0.2) is 8.78 Å². The van der Waals surface area contributed by atoms with Gasteiger partial charge in [-0.3, -0.25) is 0 Å². The summed E-state index contributed by atoms with van der Waals surface area (Å²) in [5.74, 6) is -1.64. The van der Waals surface area contributed by atoms with Crippen molar-refractivity contribution in [1.29, 1.82) is 0 Å². The molecule has 0 unspecified atom stereocenters. The third kappa shape index (κ3) is 1.38. The molecule has 0 aliphatic rings. The number of rotatable bonds is 0. The summed E-state index contributed by atoms with van der Waals surface area (Å²) in [6, 6.07) is 4.80. The van der Waals surface area contributed by atoms with Crippen LogP contribution in [0.15, 0.2) is 12.1 Å². The van der Waals surface area contributed by atoms with Crippen LogP contribution in [-0.4, -0.2) is 0 Å². The summed E-state index contributed by atoms with van der Waals surface area (Å²) in [7, 11) is 0. The highest BCUT2D eigenvalue weighted by Gasteiger charge is 2.02. The predicted molar refractivity (Wildman–Crippen MR) is 37.9 cm³/mol. The monoisotopic (exact) mass is 239 g/mol. The Balaban J connectivity index is 3.25. The fourth-order valence-electron chi connectivity index (χ4n) is 0.429. The smallest absolute Gasteiger partial charge is 0.172 e. The van der Waals surface area contributed by atoms with Crippen molar-refractivity contribution in [3.8, 4) is 0 Å². The minimum absolute atomic E-state index is 0.257. The van der Waals surface area contributed by atoms with Gasteiger partial charge in [-0.15, -0.1) is 0 Å². The maximum absolute atomic E-state index is 12.3. The maximum Gasteiger partial charge on any atom is 0.172 e. The average Bonchev–Trinajstić information content (AvgIpc) is 1.83. The normalized spacial score (nSPS) is 9.67. The third-order valence-corrected chi connectivity index (χ3v) is 1.62. The molecule has 0 saturated heterocycles. The molecule has 1 radical (unpaired) electrons. The number of hydrogen-bond acceptors (Lipinski definition) is 0. The van der Waals surface area contributed by atoms with Crippen LogP contribution in [0.1, 0.15) is 0 Å². The van der Waals surface area contributed by atoms with Gasteiger partial charge in [0.2, 0.25) is 0 Å². The summed E-state index contributed by atoms with van der Waals surface area (Å²) in [5.41, 5.74) is 0. The second-order valence-electron chi connectivity index (χ2n) is 1.47. The van der Waals surface area contributed by atoms with E-state index in [9.17, 15) is 8.78 Å². The fraction of sp³-hybridized carbons (Fsp3) is 0. The third-order valence-electron chi connectivity index (χ3n) is 0.839. The molecule has 0 heterocycles. The first-order chi connectivity index (χ1) is 4.22. The van der Waals surface area contributed by atoms with Crippen LogP contribution >= 0.6 is 22.6 Å². The van der Waals surface area contributed by atoms with Crippen molar-refractivity contribution in [3.63, 3.8) is 0 Å². The molecule has 1 rings (SSSR count). The van der Waals surface area contributed by atoms with Gasteiger partial charge in [-0.2, -0.15) is 0 Å². The molecule has 0 aliphatic carbocycles. The van der Waals surface area contributed by atoms with Gasteiger partial charge in [-0.1, -0.05) is 0 Å². The summed E-state index contributed by atoms with van der Waals surface area (Å²) < 4.78 is 24.8. The first-order valence-electron chi connectivity index (χ1n) is 2.22. The Morgan fingerprint density at radius 2 is 2.00 bits per heavy atom. The molecule has 0 bridgehead atoms. The van der Waals surface area contributed by atoms with E-state index >= 15 is 0 Å². The van der Waals surface area contributed by atoms with Gasteiger partial charge in [0.25, 0.3) is 0 Å². The second-order valence-corrected chi connectivity index (χ2v) is 2.63. The van der Waals surface area contributed by atoms with Crippen LogP contribution in [-0.2, 0) is 0 Å². The van der Waals surface area contributed by atoms with Gasteiger partial charge in [0, 0.05) is 0 Å². The Kier molecular flexibility index (Phi) is 2.00. The Bertz CT molecular complexity index is 202. The Morgan fingerprint density at radius 1 is 1.33 bits per heavy atom. The molecule has 0 nitrogen and oxygen atoms in total. The van der Waals surface area contributed by atoms with Crippen LogP contribution < -0.4 is 0 Å². The SMILES string of the molecule is Fc1c[c]cc(I)c1F. The highest BCUT2D eigenvalue weighted by atomic mass is 127. The topological polar surface area (TPSA) is 0 Å². The summed E-state index contributed by atoms with van der Waals surface area (Å²) >= 11 is 1.70. The van der Waals surface area contributed by atoms with E-state index in [1.807, 2.05) is 0 Å². The van der Waals surface area contributed by atoms with Crippen LogP contribution in [0, 0.1) is 21.3 Å². The first-order valence-corrected chi connectivity index (χ1v) is 3.30. The van der Waals surface area contributed by atoms with Crippen molar-refractivity contribution in [2.45, 2.75) is 0 Å². The van der Waals surface area contributed by atoms with Crippen LogP contribution in [0.3, 0.4) is 0 Å². The lowest BCUT2D eigenvalue weighted by atomic mass is 10.3. The Labute approximate surface area is 65.0 Å². The average molecular weight is 239 g/mol. The number of benzene rings is 1.